The smallest absolute Gasteiger partial charge is 0.154 e. The molecule has 0 spiro atoms. The van der Waals surface area contributed by atoms with E-state index < -0.39 is 0 Å². The van der Waals surface area contributed by atoms with Gasteiger partial charge >= 0.3 is 0 Å². The molecule has 0 atom stereocenters. The Balaban J connectivity index is 1.68. The van der Waals surface area contributed by atoms with Crippen LogP contribution in [0.4, 0.5) is 0 Å². The fourth-order valence-corrected chi connectivity index (χ4v) is 3.79. The predicted molar refractivity (Wildman–Crippen MR) is 89.8 cm³/mol. The average molecular weight is 327 g/mol. The molecule has 4 rings (SSSR count). The summed E-state index contributed by atoms with van der Waals surface area (Å²) in [5.41, 5.74) is 2.59. The Hall–Kier alpha value is -2.05. The van der Waals surface area contributed by atoms with Gasteiger partial charge in [0.2, 0.25) is 0 Å². The fraction of sp³-hybridized carbons (Fsp3) is 0.294. The molecular weight excluding hydrogens is 310 g/mol. The molecule has 6 heteroatoms. The zero-order chi connectivity index (χ0) is 15.6. The fourth-order valence-electron chi connectivity index (χ4n) is 2.75. The summed E-state index contributed by atoms with van der Waals surface area (Å²) >= 11 is 1.80. The normalized spacial score (nSPS) is 16.0. The summed E-state index contributed by atoms with van der Waals surface area (Å²) in [4.78, 5) is 4.40. The topological polar surface area (TPSA) is 59.7 Å². The maximum Gasteiger partial charge on any atom is 0.154 e. The third kappa shape index (κ3) is 3.04. The molecule has 2 aromatic heterocycles. The summed E-state index contributed by atoms with van der Waals surface area (Å²) in [5.74, 6) is 0.241. The lowest BCUT2D eigenvalue weighted by Crippen LogP contribution is -2.17. The van der Waals surface area contributed by atoms with E-state index in [2.05, 4.69) is 4.98 Å². The molecule has 0 saturated carbocycles. The maximum absolute atomic E-state index is 9.69. The minimum atomic E-state index is 0.241. The molecule has 3 aromatic rings. The Labute approximate surface area is 138 Å². The maximum atomic E-state index is 9.69. The van der Waals surface area contributed by atoms with Gasteiger partial charge < -0.3 is 9.84 Å². The number of hydrogen-bond acceptors (Lipinski definition) is 5. The van der Waals surface area contributed by atoms with Crippen molar-refractivity contribution in [3.05, 3.63) is 42.6 Å². The van der Waals surface area contributed by atoms with Gasteiger partial charge in [0.15, 0.2) is 5.65 Å². The molecule has 0 amide bonds. The molecule has 3 heterocycles. The largest absolute Gasteiger partial charge is 0.508 e. The Bertz CT molecular complexity index is 828. The van der Waals surface area contributed by atoms with Gasteiger partial charge in [-0.3, -0.25) is 0 Å². The van der Waals surface area contributed by atoms with Crippen LogP contribution in [0.25, 0.3) is 16.9 Å². The number of imidazole rings is 1. The van der Waals surface area contributed by atoms with Gasteiger partial charge in [-0.2, -0.15) is 5.10 Å². The van der Waals surface area contributed by atoms with Gasteiger partial charge in [0.25, 0.3) is 0 Å². The Kier molecular flexibility index (Phi) is 3.93. The molecule has 1 aliphatic rings. The van der Waals surface area contributed by atoms with E-state index in [1.54, 1.807) is 30.1 Å². The van der Waals surface area contributed by atoms with Gasteiger partial charge in [-0.1, -0.05) is 12.1 Å². The average Bonchev–Trinajstić information content (AvgIpc) is 2.99. The Morgan fingerprint density at radius 2 is 2.04 bits per heavy atom. The van der Waals surface area contributed by atoms with Gasteiger partial charge in [0.1, 0.15) is 10.8 Å². The molecule has 1 N–H and O–H groups in total. The Morgan fingerprint density at radius 3 is 2.87 bits per heavy atom. The van der Waals surface area contributed by atoms with Crippen LogP contribution in [0.5, 0.6) is 5.75 Å². The van der Waals surface area contributed by atoms with Crippen molar-refractivity contribution in [2.75, 3.05) is 13.2 Å². The van der Waals surface area contributed by atoms with Crippen molar-refractivity contribution < 1.29 is 9.84 Å². The van der Waals surface area contributed by atoms with Gasteiger partial charge in [-0.05, 0) is 37.1 Å². The molecule has 0 unspecified atom stereocenters. The lowest BCUT2D eigenvalue weighted by Gasteiger charge is -2.20. The van der Waals surface area contributed by atoms with E-state index in [0.717, 1.165) is 48.0 Å². The van der Waals surface area contributed by atoms with Crippen molar-refractivity contribution in [1.82, 2.24) is 14.6 Å². The molecule has 0 bridgehead atoms. The minimum absolute atomic E-state index is 0.241. The number of phenols is 1. The molecule has 0 radical (unpaired) electrons. The minimum Gasteiger partial charge on any atom is -0.508 e. The number of aromatic nitrogens is 3. The van der Waals surface area contributed by atoms with Crippen LogP contribution >= 0.6 is 11.8 Å². The highest BCUT2D eigenvalue weighted by molar-refractivity contribution is 7.99. The first-order valence-electron chi connectivity index (χ1n) is 7.68. The first-order valence-corrected chi connectivity index (χ1v) is 8.56. The number of fused-ring (bicyclic) bond motifs is 1. The van der Waals surface area contributed by atoms with E-state index in [0.29, 0.717) is 5.25 Å². The SMILES string of the molecule is Oc1cccc(-c2cnc3ccc(SC4CCOCC4)nn23)c1. The standard InChI is InChI=1S/C17H17N3O2S/c21-13-3-1-2-12(10-13)15-11-18-16-4-5-17(19-20(15)16)23-14-6-8-22-9-7-14/h1-5,10-11,14,21H,6-9H2. The van der Waals surface area contributed by atoms with Crippen molar-refractivity contribution in [2.45, 2.75) is 23.1 Å². The highest BCUT2D eigenvalue weighted by Crippen LogP contribution is 2.29. The molecule has 1 fully saturated rings. The number of thioether (sulfide) groups is 1. The van der Waals surface area contributed by atoms with Crippen molar-refractivity contribution in [3.8, 4) is 17.0 Å². The van der Waals surface area contributed by atoms with Crippen LogP contribution in [0, 0.1) is 0 Å². The summed E-state index contributed by atoms with van der Waals surface area (Å²) in [7, 11) is 0. The van der Waals surface area contributed by atoms with Crippen molar-refractivity contribution in [3.63, 3.8) is 0 Å². The summed E-state index contributed by atoms with van der Waals surface area (Å²) < 4.78 is 7.25. The second kappa shape index (κ2) is 6.22. The Morgan fingerprint density at radius 1 is 1.17 bits per heavy atom. The number of phenolic OH excluding ortho intramolecular Hbond substituents is 1. The highest BCUT2D eigenvalue weighted by Gasteiger charge is 2.16. The van der Waals surface area contributed by atoms with Crippen LogP contribution in [0.15, 0.2) is 47.6 Å². The lowest BCUT2D eigenvalue weighted by molar-refractivity contribution is 0.1000. The summed E-state index contributed by atoms with van der Waals surface area (Å²) in [5, 5.41) is 16.0. The van der Waals surface area contributed by atoms with E-state index in [1.165, 1.54) is 0 Å². The number of nitrogens with zero attached hydrogens (tertiary/aromatic N) is 3. The van der Waals surface area contributed by atoms with Crippen LogP contribution in [-0.4, -0.2) is 38.2 Å². The molecule has 1 aliphatic heterocycles. The summed E-state index contributed by atoms with van der Waals surface area (Å²) in [6.45, 7) is 1.67. The highest BCUT2D eigenvalue weighted by atomic mass is 32.2. The molecule has 1 aromatic carbocycles. The summed E-state index contributed by atoms with van der Waals surface area (Å²) in [6.07, 6.45) is 3.92. The quantitative estimate of drug-likeness (QED) is 0.799. The summed E-state index contributed by atoms with van der Waals surface area (Å²) in [6, 6.07) is 11.2. The molecule has 23 heavy (non-hydrogen) atoms. The zero-order valence-electron chi connectivity index (χ0n) is 12.6. The molecular formula is C17H17N3O2S. The number of benzene rings is 1. The second-order valence-electron chi connectivity index (χ2n) is 5.56. The van der Waals surface area contributed by atoms with Crippen molar-refractivity contribution >= 4 is 17.4 Å². The van der Waals surface area contributed by atoms with Crippen LogP contribution in [0.2, 0.25) is 0 Å². The molecule has 1 saturated heterocycles. The third-order valence-electron chi connectivity index (χ3n) is 3.94. The van der Waals surface area contributed by atoms with E-state index in [-0.39, 0.29) is 5.75 Å². The number of ether oxygens (including phenoxy) is 1. The van der Waals surface area contributed by atoms with Gasteiger partial charge in [-0.25, -0.2) is 9.50 Å². The van der Waals surface area contributed by atoms with Gasteiger partial charge in [0.05, 0.1) is 11.9 Å². The number of hydrogen-bond donors (Lipinski definition) is 1. The van der Waals surface area contributed by atoms with E-state index in [1.807, 2.05) is 28.8 Å². The monoisotopic (exact) mass is 327 g/mol. The van der Waals surface area contributed by atoms with Crippen LogP contribution < -0.4 is 0 Å². The van der Waals surface area contributed by atoms with Gasteiger partial charge in [-0.15, -0.1) is 11.8 Å². The number of aromatic hydroxyl groups is 1. The van der Waals surface area contributed by atoms with E-state index in [9.17, 15) is 5.11 Å². The lowest BCUT2D eigenvalue weighted by atomic mass is 10.1. The molecule has 0 aliphatic carbocycles. The van der Waals surface area contributed by atoms with Crippen LogP contribution in [0.1, 0.15) is 12.8 Å². The number of rotatable bonds is 3. The first kappa shape index (κ1) is 14.5. The molecule has 118 valence electrons. The third-order valence-corrected chi connectivity index (χ3v) is 5.20. The first-order chi connectivity index (χ1) is 11.3. The molecule has 5 nitrogen and oxygen atoms in total. The predicted octanol–water partition coefficient (Wildman–Crippen LogP) is 3.37. The van der Waals surface area contributed by atoms with Crippen molar-refractivity contribution in [2.24, 2.45) is 0 Å². The zero-order valence-corrected chi connectivity index (χ0v) is 13.4. The second-order valence-corrected chi connectivity index (χ2v) is 6.89. The van der Waals surface area contributed by atoms with E-state index in [4.69, 9.17) is 9.84 Å². The van der Waals surface area contributed by atoms with Crippen molar-refractivity contribution in [1.29, 1.82) is 0 Å². The van der Waals surface area contributed by atoms with E-state index >= 15 is 0 Å². The van der Waals surface area contributed by atoms with Crippen LogP contribution in [-0.2, 0) is 4.74 Å². The van der Waals surface area contributed by atoms with Crippen LogP contribution in [0.3, 0.4) is 0 Å². The van der Waals surface area contributed by atoms with Gasteiger partial charge in [0, 0.05) is 24.0 Å².